The number of carbonyl (C=O) groups excluding carboxylic acids is 1. The van der Waals surface area contributed by atoms with E-state index in [-0.39, 0.29) is 11.7 Å². The van der Waals surface area contributed by atoms with E-state index in [9.17, 15) is 4.79 Å². The summed E-state index contributed by atoms with van der Waals surface area (Å²) in [5.74, 6) is 2.20. The second kappa shape index (κ2) is 6.49. The van der Waals surface area contributed by atoms with Crippen LogP contribution >= 0.6 is 0 Å². The van der Waals surface area contributed by atoms with Gasteiger partial charge in [-0.3, -0.25) is 0 Å². The molecule has 0 bridgehead atoms. The molecule has 2 aliphatic heterocycles. The fourth-order valence-corrected chi connectivity index (χ4v) is 4.97. The summed E-state index contributed by atoms with van der Waals surface area (Å²) in [6.07, 6.45) is 3.65. The van der Waals surface area contributed by atoms with Crippen LogP contribution in [0.15, 0.2) is 0 Å². The predicted molar refractivity (Wildman–Crippen MR) is 93.9 cm³/mol. The van der Waals surface area contributed by atoms with Crippen LogP contribution in [-0.2, 0) is 9.47 Å². The van der Waals surface area contributed by atoms with Crippen LogP contribution in [0.5, 0.6) is 0 Å². The monoisotopic (exact) mass is 338 g/mol. The Bertz CT molecular complexity index is 458. The van der Waals surface area contributed by atoms with Crippen LogP contribution in [0.1, 0.15) is 53.9 Å². The maximum Gasteiger partial charge on any atom is 0.410 e. The van der Waals surface area contributed by atoms with Crippen molar-refractivity contribution < 1.29 is 14.3 Å². The maximum atomic E-state index is 12.3. The number of nitrogens with one attached hydrogen (secondary N) is 1. The average Bonchev–Trinajstić information content (AvgIpc) is 2.41. The van der Waals surface area contributed by atoms with E-state index in [1.54, 1.807) is 4.90 Å². The molecular weight excluding hydrogens is 304 g/mol. The summed E-state index contributed by atoms with van der Waals surface area (Å²) in [6, 6.07) is 0.357. The van der Waals surface area contributed by atoms with Gasteiger partial charge in [0.1, 0.15) is 11.2 Å². The summed E-state index contributed by atoms with van der Waals surface area (Å²) in [7, 11) is 0. The minimum Gasteiger partial charge on any atom is -0.444 e. The highest BCUT2D eigenvalue weighted by molar-refractivity contribution is 5.69. The third-order valence-corrected chi connectivity index (χ3v) is 5.68. The van der Waals surface area contributed by atoms with Crippen molar-refractivity contribution in [3.8, 4) is 0 Å². The van der Waals surface area contributed by atoms with E-state index in [2.05, 4.69) is 19.2 Å². The molecule has 1 saturated carbocycles. The summed E-state index contributed by atoms with van der Waals surface area (Å²) in [5.41, 5.74) is -0.657. The molecule has 1 aliphatic carbocycles. The molecule has 1 spiro atoms. The Balaban J connectivity index is 1.65. The lowest BCUT2D eigenvalue weighted by Crippen LogP contribution is -2.76. The quantitative estimate of drug-likeness (QED) is 0.798. The maximum absolute atomic E-state index is 12.3. The van der Waals surface area contributed by atoms with E-state index in [0.717, 1.165) is 25.0 Å². The third-order valence-electron chi connectivity index (χ3n) is 5.68. The molecule has 3 aliphatic rings. The summed E-state index contributed by atoms with van der Waals surface area (Å²) in [4.78, 5) is 14.1. The van der Waals surface area contributed by atoms with Gasteiger partial charge in [0.25, 0.3) is 0 Å². The Morgan fingerprint density at radius 2 is 1.79 bits per heavy atom. The lowest BCUT2D eigenvalue weighted by atomic mass is 9.68. The molecule has 5 nitrogen and oxygen atoms in total. The van der Waals surface area contributed by atoms with Crippen molar-refractivity contribution in [1.29, 1.82) is 0 Å². The lowest BCUT2D eigenvalue weighted by molar-refractivity contribution is -0.187. The largest absolute Gasteiger partial charge is 0.444 e. The Morgan fingerprint density at radius 1 is 1.17 bits per heavy atom. The van der Waals surface area contributed by atoms with Crippen molar-refractivity contribution in [2.45, 2.75) is 71.1 Å². The first kappa shape index (κ1) is 18.0. The zero-order valence-electron chi connectivity index (χ0n) is 15.9. The SMILES string of the molecule is CC1CC(C)CC(C2NCCOC23CN(C(=O)OC(C)(C)C)C3)C1. The predicted octanol–water partition coefficient (Wildman–Crippen LogP) is 3.04. The van der Waals surface area contributed by atoms with Crippen molar-refractivity contribution >= 4 is 6.09 Å². The highest BCUT2D eigenvalue weighted by Gasteiger charge is 2.56. The number of nitrogens with zero attached hydrogens (tertiary/aromatic N) is 1. The van der Waals surface area contributed by atoms with Crippen molar-refractivity contribution in [1.82, 2.24) is 10.2 Å². The lowest BCUT2D eigenvalue weighted by Gasteiger charge is -2.58. The van der Waals surface area contributed by atoms with E-state index in [4.69, 9.17) is 9.47 Å². The number of hydrogen-bond donors (Lipinski definition) is 1. The van der Waals surface area contributed by atoms with Crippen molar-refractivity contribution in [2.75, 3.05) is 26.2 Å². The summed E-state index contributed by atoms with van der Waals surface area (Å²) in [5, 5.41) is 3.73. The second-order valence-electron chi connectivity index (χ2n) is 9.36. The number of hydrogen-bond acceptors (Lipinski definition) is 4. The number of amides is 1. The highest BCUT2D eigenvalue weighted by Crippen LogP contribution is 2.42. The fraction of sp³-hybridized carbons (Fsp3) is 0.947. The number of carbonyl (C=O) groups is 1. The minimum absolute atomic E-state index is 0.212. The van der Waals surface area contributed by atoms with Crippen LogP contribution < -0.4 is 5.32 Å². The normalized spacial score (nSPS) is 36.3. The first-order chi connectivity index (χ1) is 11.2. The summed E-state index contributed by atoms with van der Waals surface area (Å²) in [6.45, 7) is 13.4. The first-order valence-electron chi connectivity index (χ1n) is 9.54. The number of ether oxygens (including phenoxy) is 2. The molecule has 0 aromatic carbocycles. The van der Waals surface area contributed by atoms with E-state index in [1.807, 2.05) is 20.8 Å². The molecule has 0 aromatic heterocycles. The Labute approximate surface area is 146 Å². The molecular formula is C19H34N2O3. The van der Waals surface area contributed by atoms with Crippen LogP contribution in [-0.4, -0.2) is 54.5 Å². The molecule has 138 valence electrons. The number of morpholine rings is 1. The van der Waals surface area contributed by atoms with E-state index in [1.165, 1.54) is 19.3 Å². The van der Waals surface area contributed by atoms with Crippen molar-refractivity contribution in [3.05, 3.63) is 0 Å². The topological polar surface area (TPSA) is 50.8 Å². The molecule has 3 atom stereocenters. The molecule has 24 heavy (non-hydrogen) atoms. The average molecular weight is 338 g/mol. The van der Waals surface area contributed by atoms with Gasteiger partial charge in [-0.1, -0.05) is 13.8 Å². The van der Waals surface area contributed by atoms with E-state index < -0.39 is 5.60 Å². The minimum atomic E-state index is -0.445. The van der Waals surface area contributed by atoms with Crippen LogP contribution in [0.2, 0.25) is 0 Å². The summed E-state index contributed by atoms with van der Waals surface area (Å²) < 4.78 is 11.7. The zero-order valence-corrected chi connectivity index (χ0v) is 15.9. The Kier molecular flexibility index (Phi) is 4.86. The van der Waals surface area contributed by atoms with Crippen LogP contribution in [0.25, 0.3) is 0 Å². The van der Waals surface area contributed by atoms with Gasteiger partial charge in [-0.15, -0.1) is 0 Å². The van der Waals surface area contributed by atoms with Crippen LogP contribution in [0, 0.1) is 17.8 Å². The molecule has 1 N–H and O–H groups in total. The Morgan fingerprint density at radius 3 is 2.38 bits per heavy atom. The molecule has 0 radical (unpaired) electrons. The van der Waals surface area contributed by atoms with Gasteiger partial charge >= 0.3 is 6.09 Å². The summed E-state index contributed by atoms with van der Waals surface area (Å²) >= 11 is 0. The van der Waals surface area contributed by atoms with Crippen LogP contribution in [0.3, 0.4) is 0 Å². The smallest absolute Gasteiger partial charge is 0.410 e. The van der Waals surface area contributed by atoms with Gasteiger partial charge in [0.2, 0.25) is 0 Å². The molecule has 2 saturated heterocycles. The third kappa shape index (κ3) is 3.72. The second-order valence-corrected chi connectivity index (χ2v) is 9.36. The molecule has 3 rings (SSSR count). The van der Waals surface area contributed by atoms with E-state index >= 15 is 0 Å². The van der Waals surface area contributed by atoms with Crippen molar-refractivity contribution in [3.63, 3.8) is 0 Å². The van der Waals surface area contributed by atoms with Gasteiger partial charge < -0.3 is 19.7 Å². The fourth-order valence-electron chi connectivity index (χ4n) is 4.97. The zero-order chi connectivity index (χ0) is 17.5. The number of likely N-dealkylation sites (tertiary alicyclic amines) is 1. The molecule has 3 fully saturated rings. The van der Waals surface area contributed by atoms with Crippen LogP contribution in [0.4, 0.5) is 4.79 Å². The van der Waals surface area contributed by atoms with Gasteiger partial charge in [0, 0.05) is 12.6 Å². The van der Waals surface area contributed by atoms with Gasteiger partial charge in [-0.05, 0) is 57.8 Å². The molecule has 5 heteroatoms. The van der Waals surface area contributed by atoms with E-state index in [0.29, 0.717) is 25.0 Å². The first-order valence-corrected chi connectivity index (χ1v) is 9.54. The number of rotatable bonds is 1. The standard InChI is InChI=1S/C19H34N2O3/c1-13-8-14(2)10-15(9-13)16-19(23-7-6-20-16)11-21(12-19)17(22)24-18(3,4)5/h13-16,20H,6-12H2,1-5H3. The molecule has 0 aromatic rings. The molecule has 1 amide bonds. The van der Waals surface area contributed by atoms with Gasteiger partial charge in [-0.25, -0.2) is 4.79 Å². The van der Waals surface area contributed by atoms with Gasteiger partial charge in [0.05, 0.1) is 19.7 Å². The molecule has 2 heterocycles. The molecule has 3 unspecified atom stereocenters. The van der Waals surface area contributed by atoms with Crippen molar-refractivity contribution in [2.24, 2.45) is 17.8 Å². The van der Waals surface area contributed by atoms with Gasteiger partial charge in [0.15, 0.2) is 0 Å². The Hall–Kier alpha value is -0.810. The highest BCUT2D eigenvalue weighted by atomic mass is 16.6. The van der Waals surface area contributed by atoms with Gasteiger partial charge in [-0.2, -0.15) is 0 Å².